The van der Waals surface area contributed by atoms with Crippen LogP contribution in [-0.2, 0) is 19.1 Å². The maximum Gasteiger partial charge on any atom is 0.306 e. The number of hydrogen-bond donors (Lipinski definition) is 0. The van der Waals surface area contributed by atoms with Crippen molar-refractivity contribution in [3.63, 3.8) is 0 Å². The van der Waals surface area contributed by atoms with Crippen molar-refractivity contribution in [1.29, 1.82) is 0 Å². The number of carbonyl (C=O) groups is 2. The predicted octanol–water partition coefficient (Wildman–Crippen LogP) is 12.5. The van der Waals surface area contributed by atoms with Crippen LogP contribution in [0.1, 0.15) is 233 Å². The quantitative estimate of drug-likeness (QED) is 0.0368. The molecular weight excluding hydrogens is 691 g/mol. The summed E-state index contributed by atoms with van der Waals surface area (Å²) in [6, 6.07) is 0. The Morgan fingerprint density at radius 2 is 0.891 bits per heavy atom. The van der Waals surface area contributed by atoms with Gasteiger partial charge in [-0.05, 0) is 57.8 Å². The molecule has 0 aliphatic rings. The van der Waals surface area contributed by atoms with Crippen LogP contribution in [0, 0.1) is 0 Å². The second kappa shape index (κ2) is 36.0. The van der Waals surface area contributed by atoms with Crippen molar-refractivity contribution >= 4 is 17.6 Å². The fraction of sp³-hybridized carbons (Fsp3) is 0.872. The van der Waals surface area contributed by atoms with Gasteiger partial charge in [0, 0.05) is 25.9 Å². The Hall–Kier alpha value is -2.38. The molecule has 0 heterocycles. The van der Waals surface area contributed by atoms with Crippen LogP contribution in [-0.4, -0.2) is 44.8 Å². The van der Waals surface area contributed by atoms with Crippen molar-refractivity contribution in [2.24, 2.45) is 0 Å². The summed E-state index contributed by atoms with van der Waals surface area (Å²) < 4.78 is 16.7. The van der Waals surface area contributed by atoms with Gasteiger partial charge in [0.05, 0.1) is 13.7 Å². The van der Waals surface area contributed by atoms with Crippen LogP contribution in [0.3, 0.4) is 0 Å². The summed E-state index contributed by atoms with van der Waals surface area (Å²) in [4.78, 5) is 51.5. The van der Waals surface area contributed by atoms with E-state index in [0.717, 1.165) is 103 Å². The molecule has 0 bridgehead atoms. The number of rotatable bonds is 41. The minimum absolute atomic E-state index is 0.0425. The lowest BCUT2D eigenvalue weighted by atomic mass is 10.0. The fourth-order valence-corrected chi connectivity index (χ4v) is 7.50. The summed E-state index contributed by atoms with van der Waals surface area (Å²) in [6.07, 6.45) is 36.0. The Bertz CT molecular complexity index is 1110. The third-order valence-corrected chi connectivity index (χ3v) is 11.0. The Balaban J connectivity index is 2.33. The number of anilines is 1. The lowest BCUT2D eigenvalue weighted by Gasteiger charge is -2.27. The number of carbonyl (C=O) groups excluding carboxylic acids is 2. The van der Waals surface area contributed by atoms with Gasteiger partial charge in [-0.25, -0.2) is 0 Å². The lowest BCUT2D eigenvalue weighted by Crippen LogP contribution is -2.42. The molecular formula is C47H85NO7. The molecule has 320 valence electrons. The van der Waals surface area contributed by atoms with Gasteiger partial charge in [-0.3, -0.25) is 19.2 Å². The minimum Gasteiger partial charge on any atom is -0.491 e. The van der Waals surface area contributed by atoms with E-state index >= 15 is 0 Å². The molecule has 1 rings (SSSR count). The second-order valence-corrected chi connectivity index (χ2v) is 16.1. The Kier molecular flexibility index (Phi) is 33.1. The molecule has 1 aromatic carbocycles. The van der Waals surface area contributed by atoms with E-state index in [1.165, 1.54) is 103 Å². The molecule has 0 aliphatic heterocycles. The lowest BCUT2D eigenvalue weighted by molar-refractivity contribution is -0.150. The summed E-state index contributed by atoms with van der Waals surface area (Å²) >= 11 is 0. The molecule has 0 saturated heterocycles. The molecule has 1 aromatic rings. The number of esters is 2. The van der Waals surface area contributed by atoms with Gasteiger partial charge in [-0.1, -0.05) is 162 Å². The van der Waals surface area contributed by atoms with Crippen LogP contribution in [0.25, 0.3) is 0 Å². The smallest absolute Gasteiger partial charge is 0.306 e. The highest BCUT2D eigenvalue weighted by atomic mass is 16.5. The van der Waals surface area contributed by atoms with Crippen LogP contribution in [0.2, 0.25) is 0 Å². The first kappa shape index (κ1) is 50.6. The molecule has 8 heteroatoms. The summed E-state index contributed by atoms with van der Waals surface area (Å²) in [7, 11) is 1.45. The van der Waals surface area contributed by atoms with Crippen molar-refractivity contribution in [1.82, 2.24) is 0 Å². The van der Waals surface area contributed by atoms with E-state index in [9.17, 15) is 19.2 Å². The van der Waals surface area contributed by atoms with Gasteiger partial charge in [0.1, 0.15) is 11.8 Å². The zero-order valence-corrected chi connectivity index (χ0v) is 36.3. The fourth-order valence-electron chi connectivity index (χ4n) is 7.50. The number of unbranched alkanes of at least 4 members (excludes halogenated alkanes) is 24. The van der Waals surface area contributed by atoms with E-state index in [1.807, 2.05) is 4.90 Å². The van der Waals surface area contributed by atoms with Gasteiger partial charge in [0.15, 0.2) is 5.75 Å². The van der Waals surface area contributed by atoms with Crippen LogP contribution in [0.4, 0.5) is 5.69 Å². The first-order valence-electron chi connectivity index (χ1n) is 23.4. The molecule has 8 nitrogen and oxygen atoms in total. The number of methoxy groups -OCH3 is 1. The van der Waals surface area contributed by atoms with E-state index < -0.39 is 10.9 Å². The highest BCUT2D eigenvalue weighted by Gasteiger charge is 2.26. The third-order valence-electron chi connectivity index (χ3n) is 11.0. The minimum atomic E-state index is -0.533. The van der Waals surface area contributed by atoms with E-state index in [-0.39, 0.29) is 23.8 Å². The molecule has 55 heavy (non-hydrogen) atoms. The molecule has 0 aromatic heterocycles. The maximum atomic E-state index is 12.8. The molecule has 0 atom stereocenters. The summed E-state index contributed by atoms with van der Waals surface area (Å²) in [5.74, 6) is 0.0550. The second-order valence-electron chi connectivity index (χ2n) is 16.1. The van der Waals surface area contributed by atoms with Crippen molar-refractivity contribution < 1.29 is 23.8 Å². The number of hydrogen-bond acceptors (Lipinski definition) is 8. The summed E-state index contributed by atoms with van der Waals surface area (Å²) in [5.41, 5.74) is -0.554. The Labute approximate surface area is 337 Å². The van der Waals surface area contributed by atoms with E-state index in [1.54, 1.807) is 0 Å². The van der Waals surface area contributed by atoms with Gasteiger partial charge in [0.25, 0.3) is 10.9 Å². The predicted molar refractivity (Wildman–Crippen MR) is 230 cm³/mol. The zero-order chi connectivity index (χ0) is 40.2. The van der Waals surface area contributed by atoms with E-state index in [0.29, 0.717) is 38.2 Å². The van der Waals surface area contributed by atoms with Crippen LogP contribution in [0.15, 0.2) is 9.59 Å². The summed E-state index contributed by atoms with van der Waals surface area (Å²) in [6.45, 7) is 8.66. The van der Waals surface area contributed by atoms with Crippen LogP contribution < -0.4 is 20.5 Å². The van der Waals surface area contributed by atoms with Crippen molar-refractivity contribution in [2.45, 2.75) is 239 Å². The first-order chi connectivity index (χ1) is 26.9. The van der Waals surface area contributed by atoms with E-state index in [4.69, 9.17) is 14.2 Å². The molecule has 0 spiro atoms. The SMILES string of the molecule is CCCCCCCCCOC(=O)CCCCCCCN(CCCCCCCC(=O)OC(CCCCCCCC)CCCCCCCC)c1c(OC)c(=O)c1=O. The Morgan fingerprint density at radius 1 is 0.491 bits per heavy atom. The highest BCUT2D eigenvalue weighted by molar-refractivity contribution is 5.69. The summed E-state index contributed by atoms with van der Waals surface area (Å²) in [5, 5.41) is 0. The standard InChI is InChI=1S/C47H85NO7/c1-5-8-11-14-17-26-33-40-54-42(49)36-29-22-18-24-31-38-48(44-45(51)46(52)47(44)53-4)39-32-25-19-23-30-37-43(50)55-41(34-27-20-15-12-9-6-2)35-28-21-16-13-10-7-3/h41H,5-40H2,1-4H3. The monoisotopic (exact) mass is 776 g/mol. The van der Waals surface area contributed by atoms with Gasteiger partial charge < -0.3 is 19.1 Å². The molecule has 0 fully saturated rings. The van der Waals surface area contributed by atoms with Gasteiger partial charge in [-0.15, -0.1) is 0 Å². The molecule has 0 radical (unpaired) electrons. The van der Waals surface area contributed by atoms with Gasteiger partial charge >= 0.3 is 11.9 Å². The van der Waals surface area contributed by atoms with E-state index in [2.05, 4.69) is 20.8 Å². The van der Waals surface area contributed by atoms with Crippen LogP contribution in [0.5, 0.6) is 5.75 Å². The zero-order valence-electron chi connectivity index (χ0n) is 36.3. The van der Waals surface area contributed by atoms with Gasteiger partial charge in [-0.2, -0.15) is 0 Å². The van der Waals surface area contributed by atoms with Crippen molar-refractivity contribution in [2.75, 3.05) is 31.7 Å². The highest BCUT2D eigenvalue weighted by Crippen LogP contribution is 2.24. The normalized spacial score (nSPS) is 11.4. The topological polar surface area (TPSA) is 99.2 Å². The average molecular weight is 776 g/mol. The number of ether oxygens (including phenoxy) is 3. The van der Waals surface area contributed by atoms with Crippen molar-refractivity contribution in [3.05, 3.63) is 20.4 Å². The molecule has 0 N–H and O–H groups in total. The Morgan fingerprint density at radius 3 is 1.36 bits per heavy atom. The molecule has 0 amide bonds. The molecule has 0 saturated carbocycles. The van der Waals surface area contributed by atoms with Gasteiger partial charge in [0.2, 0.25) is 0 Å². The largest absolute Gasteiger partial charge is 0.491 e. The van der Waals surface area contributed by atoms with Crippen molar-refractivity contribution in [3.8, 4) is 5.75 Å². The third kappa shape index (κ3) is 26.2. The maximum absolute atomic E-state index is 12.8. The van der Waals surface area contributed by atoms with Crippen LogP contribution >= 0.6 is 0 Å². The molecule has 0 aliphatic carbocycles. The first-order valence-corrected chi connectivity index (χ1v) is 23.4. The average Bonchev–Trinajstić information content (AvgIpc) is 3.18. The number of nitrogens with zero attached hydrogens (tertiary/aromatic N) is 1. The molecule has 0 unspecified atom stereocenters.